The molecule has 0 radical (unpaired) electrons. The van der Waals surface area contributed by atoms with Crippen molar-refractivity contribution in [3.8, 4) is 5.69 Å². The maximum Gasteiger partial charge on any atom is 1.00 e. The van der Waals surface area contributed by atoms with Gasteiger partial charge in [-0.1, -0.05) is 11.6 Å². The monoisotopic (exact) mass is 317 g/mol. The number of esters is 1. The summed E-state index contributed by atoms with van der Waals surface area (Å²) in [5, 5.41) is 11.4. The van der Waals surface area contributed by atoms with Crippen molar-refractivity contribution in [1.29, 1.82) is 0 Å². The van der Waals surface area contributed by atoms with Gasteiger partial charge in [0, 0.05) is 5.02 Å². The van der Waals surface area contributed by atoms with Crippen LogP contribution in [0.4, 0.5) is 0 Å². The number of hydrogen-bond donors (Lipinski definition) is 0. The maximum atomic E-state index is 11.3. The van der Waals surface area contributed by atoms with Crippen molar-refractivity contribution >= 4 is 17.6 Å². The molecule has 0 spiro atoms. The Labute approximate surface area is 146 Å². The second kappa shape index (κ2) is 10.1. The van der Waals surface area contributed by atoms with Crippen LogP contribution in [0, 0.1) is 0 Å². The van der Waals surface area contributed by atoms with Gasteiger partial charge in [-0.05, 0) is 34.2 Å². The Balaban J connectivity index is 0.000000922. The minimum Gasteiger partial charge on any atom is -0.469 e. The van der Waals surface area contributed by atoms with E-state index >= 15 is 0 Å². The summed E-state index contributed by atoms with van der Waals surface area (Å²) >= 11 is 5.89. The Morgan fingerprint density at radius 2 is 2.14 bits per heavy atom. The zero-order valence-electron chi connectivity index (χ0n) is 11.3. The third kappa shape index (κ3) is 6.11. The number of halogens is 1. The van der Waals surface area contributed by atoms with Gasteiger partial charge in [0.1, 0.15) is 6.33 Å². The standard InChI is InChI=1S/C10H9ClN4O2.N3.Na/c1-17-10(16)5-7-4-8(11)2-3-9(7)15-6-12-13-14-15;1-3-2;/h2-4,6H,5H2,1H3;;/q;-1;+1. The minimum atomic E-state index is -0.346. The topological polar surface area (TPSA) is 129 Å². The molecule has 2 aromatic rings. The Morgan fingerprint density at radius 3 is 2.67 bits per heavy atom. The number of rotatable bonds is 3. The molecule has 0 aliphatic carbocycles. The smallest absolute Gasteiger partial charge is 0.469 e. The third-order valence-electron chi connectivity index (χ3n) is 2.20. The quantitative estimate of drug-likeness (QED) is 0.233. The molecule has 1 heterocycles. The summed E-state index contributed by atoms with van der Waals surface area (Å²) in [6.07, 6.45) is 1.57. The van der Waals surface area contributed by atoms with Crippen LogP contribution in [0.3, 0.4) is 0 Å². The Kier molecular flexibility index (Phi) is 9.35. The van der Waals surface area contributed by atoms with Gasteiger partial charge >= 0.3 is 35.5 Å². The summed E-state index contributed by atoms with van der Waals surface area (Å²) in [7, 11) is 1.34. The molecule has 0 aliphatic rings. The van der Waals surface area contributed by atoms with Crippen molar-refractivity contribution in [1.82, 2.24) is 20.2 Å². The van der Waals surface area contributed by atoms with Crippen LogP contribution >= 0.6 is 11.6 Å². The summed E-state index contributed by atoms with van der Waals surface area (Å²) < 4.78 is 6.09. The molecule has 0 amide bonds. The van der Waals surface area contributed by atoms with E-state index in [0.29, 0.717) is 16.3 Å². The molecule has 1 aromatic carbocycles. The van der Waals surface area contributed by atoms with Crippen molar-refractivity contribution in [2.24, 2.45) is 0 Å². The second-order valence-electron chi connectivity index (χ2n) is 3.37. The molecule has 0 aliphatic heterocycles. The Morgan fingerprint density at radius 1 is 1.48 bits per heavy atom. The molecule has 0 saturated heterocycles. The van der Waals surface area contributed by atoms with E-state index in [-0.39, 0.29) is 41.9 Å². The van der Waals surface area contributed by atoms with E-state index in [1.807, 2.05) is 0 Å². The number of carbonyl (C=O) groups excluding carboxylic acids is 1. The van der Waals surface area contributed by atoms with Gasteiger partial charge in [-0.15, -0.1) is 5.10 Å². The van der Waals surface area contributed by atoms with E-state index in [0.717, 1.165) is 0 Å². The van der Waals surface area contributed by atoms with Gasteiger partial charge in [-0.25, -0.2) is 4.68 Å². The predicted molar refractivity (Wildman–Crippen MR) is 70.0 cm³/mol. The number of methoxy groups -OCH3 is 1. The van der Waals surface area contributed by atoms with Crippen LogP contribution in [0.15, 0.2) is 24.5 Å². The predicted octanol–water partition coefficient (Wildman–Crippen LogP) is -1.10. The molecule has 0 bridgehead atoms. The van der Waals surface area contributed by atoms with Gasteiger partial charge in [0.2, 0.25) is 0 Å². The molecular formula is C10H9ClN7NaO2. The van der Waals surface area contributed by atoms with E-state index in [1.54, 1.807) is 18.2 Å². The van der Waals surface area contributed by atoms with Crippen LogP contribution in [0.1, 0.15) is 5.56 Å². The first-order chi connectivity index (χ1) is 9.62. The van der Waals surface area contributed by atoms with Crippen molar-refractivity contribution < 1.29 is 39.1 Å². The molecule has 0 saturated carbocycles. The minimum absolute atomic E-state index is 0. The second-order valence-corrected chi connectivity index (χ2v) is 3.81. The fourth-order valence-electron chi connectivity index (χ4n) is 1.42. The van der Waals surface area contributed by atoms with Crippen molar-refractivity contribution in [3.05, 3.63) is 51.1 Å². The number of aromatic nitrogens is 4. The third-order valence-corrected chi connectivity index (χ3v) is 2.43. The Bertz CT molecular complexity index is 614. The molecule has 2 rings (SSSR count). The largest absolute Gasteiger partial charge is 1.00 e. The summed E-state index contributed by atoms with van der Waals surface area (Å²) in [5.41, 5.74) is 14.9. The number of ether oxygens (including phenoxy) is 1. The molecule has 9 nitrogen and oxygen atoms in total. The molecule has 104 valence electrons. The molecule has 0 fully saturated rings. The molecule has 0 atom stereocenters. The van der Waals surface area contributed by atoms with E-state index in [9.17, 15) is 4.79 Å². The zero-order valence-corrected chi connectivity index (χ0v) is 14.1. The van der Waals surface area contributed by atoms with E-state index in [1.165, 1.54) is 23.0 Å². The first-order valence-corrected chi connectivity index (χ1v) is 5.57. The number of hydrogen-bond acceptors (Lipinski definition) is 5. The summed E-state index contributed by atoms with van der Waals surface area (Å²) in [6.45, 7) is 0. The van der Waals surface area contributed by atoms with Gasteiger partial charge < -0.3 is 15.8 Å². The van der Waals surface area contributed by atoms with Crippen LogP contribution in [-0.2, 0) is 16.0 Å². The van der Waals surface area contributed by atoms with Crippen molar-refractivity contribution in [3.63, 3.8) is 0 Å². The van der Waals surface area contributed by atoms with Crippen LogP contribution in [-0.4, -0.2) is 33.3 Å². The van der Waals surface area contributed by atoms with E-state index < -0.39 is 0 Å². The fourth-order valence-corrected chi connectivity index (χ4v) is 1.61. The maximum absolute atomic E-state index is 11.3. The molecule has 21 heavy (non-hydrogen) atoms. The van der Waals surface area contributed by atoms with Crippen LogP contribution in [0.5, 0.6) is 0 Å². The van der Waals surface area contributed by atoms with Crippen molar-refractivity contribution in [2.75, 3.05) is 7.11 Å². The van der Waals surface area contributed by atoms with E-state index in [2.05, 4.69) is 20.3 Å². The first kappa shape index (κ1) is 19.4. The molecule has 0 N–H and O–H groups in total. The molecular weight excluding hydrogens is 309 g/mol. The number of tetrazole rings is 1. The number of nitrogens with zero attached hydrogens (tertiary/aromatic N) is 7. The fraction of sp³-hybridized carbons (Fsp3) is 0.200. The van der Waals surface area contributed by atoms with Gasteiger partial charge in [0.05, 0.1) is 19.2 Å². The van der Waals surface area contributed by atoms with Crippen LogP contribution < -0.4 is 29.6 Å². The summed E-state index contributed by atoms with van der Waals surface area (Å²) in [6, 6.07) is 5.14. The average molecular weight is 318 g/mol. The van der Waals surface area contributed by atoms with Crippen LogP contribution in [0.25, 0.3) is 21.7 Å². The first-order valence-electron chi connectivity index (χ1n) is 5.19. The van der Waals surface area contributed by atoms with Crippen LogP contribution in [0.2, 0.25) is 5.02 Å². The molecule has 0 unspecified atom stereocenters. The Hall–Kier alpha value is -1.64. The molecule has 1 aromatic heterocycles. The van der Waals surface area contributed by atoms with E-state index in [4.69, 9.17) is 22.7 Å². The average Bonchev–Trinajstić information content (AvgIpc) is 2.93. The summed E-state index contributed by atoms with van der Waals surface area (Å²) in [4.78, 5) is 12.8. The number of carbonyl (C=O) groups is 1. The summed E-state index contributed by atoms with van der Waals surface area (Å²) in [5.74, 6) is -0.346. The van der Waals surface area contributed by atoms with Gasteiger partial charge in [-0.2, -0.15) is 0 Å². The van der Waals surface area contributed by atoms with Gasteiger partial charge in [-0.3, -0.25) is 9.71 Å². The zero-order chi connectivity index (χ0) is 15.0. The molecule has 11 heteroatoms. The normalized spacial score (nSPS) is 8.67. The number of benzene rings is 1. The van der Waals surface area contributed by atoms with Crippen molar-refractivity contribution in [2.45, 2.75) is 6.42 Å². The SMILES string of the molecule is COC(=O)Cc1cc(Cl)ccc1-n1cnnn1.[N-]=[N+]=[N-].[Na+]. The van der Waals surface area contributed by atoms with Gasteiger partial charge in [0.25, 0.3) is 0 Å². The van der Waals surface area contributed by atoms with Gasteiger partial charge in [0.15, 0.2) is 0 Å².